The maximum Gasteiger partial charge on any atom is 0.0629 e. The molecule has 0 radical (unpaired) electrons. The highest BCUT2D eigenvalue weighted by atomic mass is 15.2. The van der Waals surface area contributed by atoms with Crippen molar-refractivity contribution >= 4 is 11.4 Å². The molecule has 0 unspecified atom stereocenters. The highest BCUT2D eigenvalue weighted by Gasteiger charge is 2.32. The van der Waals surface area contributed by atoms with Gasteiger partial charge in [-0.25, -0.2) is 0 Å². The van der Waals surface area contributed by atoms with E-state index in [0.717, 1.165) is 18.5 Å². The predicted molar refractivity (Wildman–Crippen MR) is 109 cm³/mol. The summed E-state index contributed by atoms with van der Waals surface area (Å²) in [5, 5.41) is 0. The lowest BCUT2D eigenvalue weighted by Crippen LogP contribution is -2.37. The summed E-state index contributed by atoms with van der Waals surface area (Å²) in [4.78, 5) is 7.50. The summed E-state index contributed by atoms with van der Waals surface area (Å²) in [6, 6.07) is 32.6. The molecule has 1 aliphatic heterocycles. The van der Waals surface area contributed by atoms with Crippen molar-refractivity contribution in [2.45, 2.75) is 24.9 Å². The largest absolute Gasteiger partial charge is 0.292 e. The maximum atomic E-state index is 4.99. The van der Waals surface area contributed by atoms with Crippen LogP contribution in [0.3, 0.4) is 0 Å². The quantitative estimate of drug-likeness (QED) is 0.574. The zero-order valence-electron chi connectivity index (χ0n) is 15.1. The molecule has 2 atom stereocenters. The number of nitrogens with zero attached hydrogens (tertiary/aromatic N) is 2. The van der Waals surface area contributed by atoms with E-state index in [1.54, 1.807) is 0 Å². The molecule has 1 heterocycles. The lowest BCUT2D eigenvalue weighted by molar-refractivity contribution is 0.163. The number of rotatable bonds is 3. The lowest BCUT2D eigenvalue weighted by atomic mass is 9.87. The Morgan fingerprint density at radius 1 is 0.654 bits per heavy atom. The smallest absolute Gasteiger partial charge is 0.0629 e. The summed E-state index contributed by atoms with van der Waals surface area (Å²) >= 11 is 0. The van der Waals surface area contributed by atoms with Crippen LogP contribution in [0.1, 0.15) is 36.1 Å². The van der Waals surface area contributed by atoms with Crippen molar-refractivity contribution in [2.75, 3.05) is 7.05 Å². The Bertz CT molecular complexity index is 805. The van der Waals surface area contributed by atoms with Gasteiger partial charge in [-0.1, -0.05) is 78.9 Å². The fourth-order valence-electron chi connectivity index (χ4n) is 3.87. The van der Waals surface area contributed by atoms with Crippen LogP contribution in [0, 0.1) is 0 Å². The molecule has 3 aromatic rings. The summed E-state index contributed by atoms with van der Waals surface area (Å²) in [6.07, 6.45) is 1.94. The average Bonchev–Trinajstić information content (AvgIpc) is 2.71. The van der Waals surface area contributed by atoms with Crippen molar-refractivity contribution in [3.8, 4) is 0 Å². The SMILES string of the molecule is CN1[C@@H](c2ccccc2)CC(=Nc2ccccc2)C[C@H]1c1ccccc1. The van der Waals surface area contributed by atoms with Gasteiger partial charge in [0.1, 0.15) is 0 Å². The van der Waals surface area contributed by atoms with Gasteiger partial charge >= 0.3 is 0 Å². The molecule has 0 amide bonds. The van der Waals surface area contributed by atoms with E-state index in [4.69, 9.17) is 4.99 Å². The van der Waals surface area contributed by atoms with E-state index in [-0.39, 0.29) is 0 Å². The van der Waals surface area contributed by atoms with E-state index < -0.39 is 0 Å². The van der Waals surface area contributed by atoms with Gasteiger partial charge in [0.05, 0.1) is 5.69 Å². The molecule has 4 rings (SSSR count). The van der Waals surface area contributed by atoms with Crippen LogP contribution in [0.25, 0.3) is 0 Å². The molecule has 2 nitrogen and oxygen atoms in total. The number of benzene rings is 3. The summed E-state index contributed by atoms with van der Waals surface area (Å²) in [7, 11) is 2.24. The van der Waals surface area contributed by atoms with Crippen molar-refractivity contribution in [1.29, 1.82) is 0 Å². The molecule has 0 aromatic heterocycles. The van der Waals surface area contributed by atoms with Gasteiger partial charge < -0.3 is 0 Å². The predicted octanol–water partition coefficient (Wildman–Crippen LogP) is 5.97. The molecule has 3 aromatic carbocycles. The fraction of sp³-hybridized carbons (Fsp3) is 0.208. The second-order valence-electron chi connectivity index (χ2n) is 6.94. The van der Waals surface area contributed by atoms with Crippen LogP contribution in [-0.2, 0) is 0 Å². The second kappa shape index (κ2) is 7.67. The first-order valence-corrected chi connectivity index (χ1v) is 9.24. The van der Waals surface area contributed by atoms with Gasteiger partial charge in [0.25, 0.3) is 0 Å². The molecular formula is C24H24N2. The number of para-hydroxylation sites is 1. The third-order valence-electron chi connectivity index (χ3n) is 5.25. The standard InChI is InChI=1S/C24H24N2/c1-26-23(19-11-5-2-6-12-19)17-22(25-21-15-9-4-10-16-21)18-24(26)20-13-7-3-8-14-20/h2-16,23-24H,17-18H2,1H3/t23-,24+. The number of piperidine rings is 1. The van der Waals surface area contributed by atoms with Crippen LogP contribution in [0.15, 0.2) is 96.0 Å². The maximum absolute atomic E-state index is 4.99. The van der Waals surface area contributed by atoms with E-state index in [0.29, 0.717) is 12.1 Å². The van der Waals surface area contributed by atoms with Crippen molar-refractivity contribution < 1.29 is 0 Å². The van der Waals surface area contributed by atoms with Gasteiger partial charge in [-0.2, -0.15) is 0 Å². The summed E-state index contributed by atoms with van der Waals surface area (Å²) in [5.41, 5.74) is 5.04. The zero-order chi connectivity index (χ0) is 17.8. The van der Waals surface area contributed by atoms with Crippen LogP contribution in [-0.4, -0.2) is 17.7 Å². The molecule has 26 heavy (non-hydrogen) atoms. The van der Waals surface area contributed by atoms with Gasteiger partial charge in [-0.15, -0.1) is 0 Å². The van der Waals surface area contributed by atoms with Gasteiger partial charge in [-0.3, -0.25) is 9.89 Å². The van der Waals surface area contributed by atoms with Crippen LogP contribution >= 0.6 is 0 Å². The third-order valence-corrected chi connectivity index (χ3v) is 5.25. The van der Waals surface area contributed by atoms with E-state index in [2.05, 4.69) is 96.9 Å². The fourth-order valence-corrected chi connectivity index (χ4v) is 3.87. The molecule has 1 saturated heterocycles. The molecule has 0 aliphatic carbocycles. The molecule has 1 fully saturated rings. The third kappa shape index (κ3) is 3.61. The Morgan fingerprint density at radius 2 is 1.08 bits per heavy atom. The first-order chi connectivity index (χ1) is 12.8. The van der Waals surface area contributed by atoms with E-state index in [1.165, 1.54) is 16.8 Å². The normalized spacial score (nSPS) is 22.4. The Morgan fingerprint density at radius 3 is 1.54 bits per heavy atom. The Balaban J connectivity index is 1.72. The summed E-state index contributed by atoms with van der Waals surface area (Å²) in [6.45, 7) is 0. The van der Waals surface area contributed by atoms with Gasteiger partial charge in [0, 0.05) is 30.6 Å². The van der Waals surface area contributed by atoms with E-state index >= 15 is 0 Å². The Kier molecular flexibility index (Phi) is 4.94. The van der Waals surface area contributed by atoms with Crippen LogP contribution < -0.4 is 0 Å². The average molecular weight is 340 g/mol. The van der Waals surface area contributed by atoms with Gasteiger partial charge in [-0.05, 0) is 30.3 Å². The van der Waals surface area contributed by atoms with Crippen molar-refractivity contribution in [3.63, 3.8) is 0 Å². The minimum absolute atomic E-state index is 0.345. The molecule has 0 spiro atoms. The first-order valence-electron chi connectivity index (χ1n) is 9.24. The first kappa shape index (κ1) is 16.7. The van der Waals surface area contributed by atoms with Crippen molar-refractivity contribution in [2.24, 2.45) is 4.99 Å². The van der Waals surface area contributed by atoms with Crippen LogP contribution in [0.5, 0.6) is 0 Å². The molecule has 0 bridgehead atoms. The molecule has 2 heteroatoms. The zero-order valence-corrected chi connectivity index (χ0v) is 15.1. The Hall–Kier alpha value is -2.71. The number of hydrogen-bond donors (Lipinski definition) is 0. The minimum Gasteiger partial charge on any atom is -0.292 e. The van der Waals surface area contributed by atoms with Crippen molar-refractivity contribution in [3.05, 3.63) is 102 Å². The molecule has 0 saturated carbocycles. The summed E-state index contributed by atoms with van der Waals surface area (Å²) < 4.78 is 0. The number of likely N-dealkylation sites (tertiary alicyclic amines) is 1. The number of aliphatic imine (C=N–C) groups is 1. The van der Waals surface area contributed by atoms with Gasteiger partial charge in [0.2, 0.25) is 0 Å². The topological polar surface area (TPSA) is 15.6 Å². The molecule has 0 N–H and O–H groups in total. The molecular weight excluding hydrogens is 316 g/mol. The van der Waals surface area contributed by atoms with E-state index in [9.17, 15) is 0 Å². The lowest BCUT2D eigenvalue weighted by Gasteiger charge is -2.41. The number of hydrogen-bond acceptors (Lipinski definition) is 2. The highest BCUT2D eigenvalue weighted by molar-refractivity contribution is 5.89. The second-order valence-corrected chi connectivity index (χ2v) is 6.94. The molecule has 1 aliphatic rings. The van der Waals surface area contributed by atoms with Crippen LogP contribution in [0.4, 0.5) is 5.69 Å². The van der Waals surface area contributed by atoms with Crippen molar-refractivity contribution in [1.82, 2.24) is 4.90 Å². The minimum atomic E-state index is 0.345. The van der Waals surface area contributed by atoms with Crippen LogP contribution in [0.2, 0.25) is 0 Å². The highest BCUT2D eigenvalue weighted by Crippen LogP contribution is 2.39. The Labute approximate surface area is 155 Å². The summed E-state index contributed by atoms with van der Waals surface area (Å²) in [5.74, 6) is 0. The molecule has 130 valence electrons. The van der Waals surface area contributed by atoms with Gasteiger partial charge in [0.15, 0.2) is 0 Å². The van der Waals surface area contributed by atoms with E-state index in [1.807, 2.05) is 6.07 Å². The monoisotopic (exact) mass is 340 g/mol.